The quantitative estimate of drug-likeness (QED) is 0.695. The average molecular weight is 354 g/mol. The number of anilines is 3. The summed E-state index contributed by atoms with van der Waals surface area (Å²) in [5.41, 5.74) is 1.85. The Balaban J connectivity index is 1.46. The van der Waals surface area contributed by atoms with Crippen molar-refractivity contribution in [1.29, 1.82) is 0 Å². The fourth-order valence-electron chi connectivity index (χ4n) is 3.00. The third-order valence-corrected chi connectivity index (χ3v) is 4.36. The normalized spacial score (nSPS) is 13.5. The number of carbonyl (C=O) groups is 1. The standard InChI is InChI=1S/C19H26N6O/c1-14-7-3-4-8-16(14)24-19(26)21-10-9-20-17-13-18(23-15(2)22-17)25-11-5-6-12-25/h3-4,7-8,13H,5-6,9-12H2,1-2H3,(H,20,22,23)(H2,21,24,26). The minimum atomic E-state index is -0.210. The summed E-state index contributed by atoms with van der Waals surface area (Å²) in [5.74, 6) is 2.52. The number of nitrogens with one attached hydrogen (secondary N) is 3. The molecule has 0 bridgehead atoms. The molecule has 1 saturated heterocycles. The fourth-order valence-corrected chi connectivity index (χ4v) is 3.00. The van der Waals surface area contributed by atoms with Gasteiger partial charge in [-0.05, 0) is 38.3 Å². The van der Waals surface area contributed by atoms with Crippen molar-refractivity contribution in [2.45, 2.75) is 26.7 Å². The second-order valence-electron chi connectivity index (χ2n) is 6.48. The van der Waals surface area contributed by atoms with Crippen molar-refractivity contribution in [3.05, 3.63) is 41.7 Å². The predicted molar refractivity (Wildman–Crippen MR) is 105 cm³/mol. The summed E-state index contributed by atoms with van der Waals surface area (Å²) < 4.78 is 0. The van der Waals surface area contributed by atoms with E-state index in [1.165, 1.54) is 12.8 Å². The van der Waals surface area contributed by atoms with E-state index in [0.29, 0.717) is 13.1 Å². The lowest BCUT2D eigenvalue weighted by molar-refractivity contribution is 0.252. The van der Waals surface area contributed by atoms with Gasteiger partial charge in [0.25, 0.3) is 0 Å². The number of para-hydroxylation sites is 1. The molecule has 1 aromatic carbocycles. The van der Waals surface area contributed by atoms with Gasteiger partial charge < -0.3 is 20.9 Å². The van der Waals surface area contributed by atoms with Crippen molar-refractivity contribution in [3.8, 4) is 0 Å². The molecule has 7 heteroatoms. The van der Waals surface area contributed by atoms with Crippen LogP contribution in [-0.4, -0.2) is 42.2 Å². The number of carbonyl (C=O) groups excluding carboxylic acids is 1. The number of urea groups is 1. The molecule has 1 aromatic heterocycles. The van der Waals surface area contributed by atoms with E-state index < -0.39 is 0 Å². The Hall–Kier alpha value is -2.83. The molecule has 2 aromatic rings. The maximum absolute atomic E-state index is 12.0. The smallest absolute Gasteiger partial charge is 0.319 e. The Kier molecular flexibility index (Phi) is 5.88. The third-order valence-electron chi connectivity index (χ3n) is 4.36. The first kappa shape index (κ1) is 18.0. The van der Waals surface area contributed by atoms with Gasteiger partial charge in [0.2, 0.25) is 0 Å². The van der Waals surface area contributed by atoms with Gasteiger partial charge in [0.05, 0.1) is 0 Å². The van der Waals surface area contributed by atoms with E-state index in [4.69, 9.17) is 0 Å². The molecule has 1 aliphatic rings. The van der Waals surface area contributed by atoms with Crippen LogP contribution in [0.2, 0.25) is 0 Å². The lowest BCUT2D eigenvalue weighted by atomic mass is 10.2. The number of benzene rings is 1. The van der Waals surface area contributed by atoms with Crippen LogP contribution < -0.4 is 20.9 Å². The molecule has 1 aliphatic heterocycles. The van der Waals surface area contributed by atoms with Gasteiger partial charge in [-0.15, -0.1) is 0 Å². The first-order valence-corrected chi connectivity index (χ1v) is 9.07. The summed E-state index contributed by atoms with van der Waals surface area (Å²) in [7, 11) is 0. The van der Waals surface area contributed by atoms with Crippen LogP contribution in [0.25, 0.3) is 0 Å². The van der Waals surface area contributed by atoms with E-state index in [9.17, 15) is 4.79 Å². The Bertz CT molecular complexity index is 757. The number of rotatable bonds is 6. The minimum absolute atomic E-state index is 0.210. The number of aryl methyl sites for hydroxylation is 2. The van der Waals surface area contributed by atoms with Gasteiger partial charge in [-0.2, -0.15) is 0 Å². The maximum atomic E-state index is 12.0. The number of amides is 2. The predicted octanol–water partition coefficient (Wildman–Crippen LogP) is 2.93. The van der Waals surface area contributed by atoms with Gasteiger partial charge in [-0.25, -0.2) is 14.8 Å². The molecule has 0 aliphatic carbocycles. The molecule has 0 unspecified atom stereocenters. The van der Waals surface area contributed by atoms with E-state index in [1.807, 2.05) is 44.2 Å². The molecular weight excluding hydrogens is 328 g/mol. The zero-order chi connectivity index (χ0) is 18.4. The van der Waals surface area contributed by atoms with Gasteiger partial charge in [-0.3, -0.25) is 0 Å². The van der Waals surface area contributed by atoms with Crippen LogP contribution in [0.15, 0.2) is 30.3 Å². The maximum Gasteiger partial charge on any atom is 0.319 e. The van der Waals surface area contributed by atoms with Crippen molar-refractivity contribution in [2.75, 3.05) is 41.7 Å². The molecule has 2 amide bonds. The summed E-state index contributed by atoms with van der Waals surface area (Å²) in [4.78, 5) is 23.2. The summed E-state index contributed by atoms with van der Waals surface area (Å²) in [5, 5.41) is 8.96. The van der Waals surface area contributed by atoms with Crippen LogP contribution in [0.3, 0.4) is 0 Å². The zero-order valence-corrected chi connectivity index (χ0v) is 15.4. The van der Waals surface area contributed by atoms with Gasteiger partial charge in [0, 0.05) is 37.9 Å². The van der Waals surface area contributed by atoms with Crippen LogP contribution in [-0.2, 0) is 0 Å². The lowest BCUT2D eigenvalue weighted by Crippen LogP contribution is -2.33. The van der Waals surface area contributed by atoms with Crippen molar-refractivity contribution >= 4 is 23.4 Å². The number of aromatic nitrogens is 2. The molecule has 0 radical (unpaired) electrons. The van der Waals surface area contributed by atoms with Crippen LogP contribution in [0.1, 0.15) is 24.2 Å². The minimum Gasteiger partial charge on any atom is -0.368 e. The van der Waals surface area contributed by atoms with Crippen LogP contribution in [0.4, 0.5) is 22.1 Å². The molecule has 138 valence electrons. The van der Waals surface area contributed by atoms with E-state index in [-0.39, 0.29) is 6.03 Å². The van der Waals surface area contributed by atoms with Crippen LogP contribution >= 0.6 is 0 Å². The summed E-state index contributed by atoms with van der Waals surface area (Å²) in [6.45, 7) is 7.06. The lowest BCUT2D eigenvalue weighted by Gasteiger charge is -2.18. The van der Waals surface area contributed by atoms with Gasteiger partial charge >= 0.3 is 6.03 Å². The molecule has 7 nitrogen and oxygen atoms in total. The van der Waals surface area contributed by atoms with Crippen molar-refractivity contribution in [2.24, 2.45) is 0 Å². The first-order valence-electron chi connectivity index (χ1n) is 9.07. The number of hydrogen-bond donors (Lipinski definition) is 3. The van der Waals surface area contributed by atoms with E-state index in [1.54, 1.807) is 0 Å². The van der Waals surface area contributed by atoms with Gasteiger partial charge in [0.15, 0.2) is 0 Å². The largest absolute Gasteiger partial charge is 0.368 e. The van der Waals surface area contributed by atoms with Gasteiger partial charge in [0.1, 0.15) is 17.5 Å². The Morgan fingerprint density at radius 2 is 1.88 bits per heavy atom. The molecule has 3 N–H and O–H groups in total. The summed E-state index contributed by atoms with van der Waals surface area (Å²) in [6.07, 6.45) is 2.43. The highest BCUT2D eigenvalue weighted by Gasteiger charge is 2.15. The highest BCUT2D eigenvalue weighted by atomic mass is 16.2. The highest BCUT2D eigenvalue weighted by Crippen LogP contribution is 2.20. The SMILES string of the molecule is Cc1nc(NCCNC(=O)Nc2ccccc2C)cc(N2CCCC2)n1. The Morgan fingerprint density at radius 3 is 2.65 bits per heavy atom. The van der Waals surface area contributed by atoms with Crippen LogP contribution in [0.5, 0.6) is 0 Å². The van der Waals surface area contributed by atoms with E-state index in [0.717, 1.165) is 41.8 Å². The Labute approximate surface area is 154 Å². The van der Waals surface area contributed by atoms with Gasteiger partial charge in [-0.1, -0.05) is 18.2 Å². The number of nitrogens with zero attached hydrogens (tertiary/aromatic N) is 3. The van der Waals surface area contributed by atoms with Crippen molar-refractivity contribution < 1.29 is 4.79 Å². The second-order valence-corrected chi connectivity index (χ2v) is 6.48. The molecule has 3 rings (SSSR count). The topological polar surface area (TPSA) is 82.2 Å². The second kappa shape index (κ2) is 8.51. The zero-order valence-electron chi connectivity index (χ0n) is 15.4. The molecule has 26 heavy (non-hydrogen) atoms. The molecule has 0 saturated carbocycles. The molecule has 0 atom stereocenters. The van der Waals surface area contributed by atoms with E-state index >= 15 is 0 Å². The summed E-state index contributed by atoms with van der Waals surface area (Å²) >= 11 is 0. The summed E-state index contributed by atoms with van der Waals surface area (Å²) in [6, 6.07) is 9.47. The van der Waals surface area contributed by atoms with E-state index in [2.05, 4.69) is 30.8 Å². The highest BCUT2D eigenvalue weighted by molar-refractivity contribution is 5.90. The van der Waals surface area contributed by atoms with Crippen molar-refractivity contribution in [1.82, 2.24) is 15.3 Å². The Morgan fingerprint density at radius 1 is 1.12 bits per heavy atom. The van der Waals surface area contributed by atoms with Crippen LogP contribution in [0, 0.1) is 13.8 Å². The molecule has 2 heterocycles. The molecular formula is C19H26N6O. The first-order chi connectivity index (χ1) is 12.6. The average Bonchev–Trinajstić information content (AvgIpc) is 3.15. The monoisotopic (exact) mass is 354 g/mol. The van der Waals surface area contributed by atoms with Crippen molar-refractivity contribution in [3.63, 3.8) is 0 Å². The fraction of sp³-hybridized carbons (Fsp3) is 0.421. The third kappa shape index (κ3) is 4.84. The molecule has 0 spiro atoms. The molecule has 1 fully saturated rings. The number of hydrogen-bond acceptors (Lipinski definition) is 5.